The summed E-state index contributed by atoms with van der Waals surface area (Å²) in [6.07, 6.45) is 1.45. The second-order valence-corrected chi connectivity index (χ2v) is 4.09. The third-order valence-electron chi connectivity index (χ3n) is 2.68. The largest absolute Gasteiger partial charge is 0.377 e. The summed E-state index contributed by atoms with van der Waals surface area (Å²) < 4.78 is 10.0. The third-order valence-corrected chi connectivity index (χ3v) is 2.68. The zero-order valence-corrected chi connectivity index (χ0v) is 10.4. The molecule has 2 rings (SSSR count). The van der Waals surface area contributed by atoms with Crippen molar-refractivity contribution in [3.8, 4) is 0 Å². The minimum absolute atomic E-state index is 0.0102. The summed E-state index contributed by atoms with van der Waals surface area (Å²) >= 11 is 0. The molecule has 2 aromatic rings. The first-order chi connectivity index (χ1) is 8.79. The molecule has 1 aromatic heterocycles. The number of aryl methyl sites for hydroxylation is 1. The Morgan fingerprint density at radius 3 is 2.83 bits per heavy atom. The molecule has 96 valence electrons. The molecule has 0 aliphatic heterocycles. The first-order valence-electron chi connectivity index (χ1n) is 5.90. The van der Waals surface area contributed by atoms with Crippen LogP contribution in [0.2, 0.25) is 0 Å². The van der Waals surface area contributed by atoms with E-state index in [2.05, 4.69) is 10.1 Å². The number of hydrogen-bond acceptors (Lipinski definition) is 5. The summed E-state index contributed by atoms with van der Waals surface area (Å²) in [5, 5.41) is 3.80. The van der Waals surface area contributed by atoms with Crippen molar-refractivity contribution in [3.05, 3.63) is 47.6 Å². The van der Waals surface area contributed by atoms with Gasteiger partial charge in [-0.05, 0) is 12.0 Å². The summed E-state index contributed by atoms with van der Waals surface area (Å²) in [4.78, 5) is 4.21. The van der Waals surface area contributed by atoms with Crippen LogP contribution in [0.3, 0.4) is 0 Å². The summed E-state index contributed by atoms with van der Waals surface area (Å²) in [7, 11) is 1.60. The Hall–Kier alpha value is -1.72. The summed E-state index contributed by atoms with van der Waals surface area (Å²) in [6, 6.07) is 9.98. The van der Waals surface area contributed by atoms with Crippen LogP contribution in [0.4, 0.5) is 0 Å². The molecular weight excluding hydrogens is 230 g/mol. The van der Waals surface area contributed by atoms with E-state index < -0.39 is 0 Å². The van der Waals surface area contributed by atoms with Gasteiger partial charge in [0.05, 0.1) is 0 Å². The van der Waals surface area contributed by atoms with Crippen LogP contribution < -0.4 is 5.73 Å². The van der Waals surface area contributed by atoms with Gasteiger partial charge in [0.2, 0.25) is 5.89 Å². The molecule has 1 unspecified atom stereocenters. The van der Waals surface area contributed by atoms with E-state index in [9.17, 15) is 0 Å². The first kappa shape index (κ1) is 12.7. The van der Waals surface area contributed by atoms with Crippen molar-refractivity contribution in [2.24, 2.45) is 5.73 Å². The van der Waals surface area contributed by atoms with Gasteiger partial charge >= 0.3 is 0 Å². The van der Waals surface area contributed by atoms with E-state index in [1.54, 1.807) is 7.11 Å². The summed E-state index contributed by atoms with van der Waals surface area (Å²) in [6.45, 7) is 0.369. The average molecular weight is 247 g/mol. The van der Waals surface area contributed by atoms with Gasteiger partial charge in [0.1, 0.15) is 6.61 Å². The third kappa shape index (κ3) is 3.38. The Bertz CT molecular complexity index is 470. The zero-order chi connectivity index (χ0) is 12.8. The molecule has 1 aromatic carbocycles. The zero-order valence-electron chi connectivity index (χ0n) is 10.4. The smallest absolute Gasteiger partial charge is 0.226 e. The highest BCUT2D eigenvalue weighted by Gasteiger charge is 2.10. The lowest BCUT2D eigenvalue weighted by Gasteiger charge is -2.09. The van der Waals surface area contributed by atoms with E-state index >= 15 is 0 Å². The normalized spacial score (nSPS) is 12.6. The summed E-state index contributed by atoms with van der Waals surface area (Å²) in [5.74, 6) is 1.18. The molecule has 0 spiro atoms. The number of nitrogens with zero attached hydrogens (tertiary/aromatic N) is 2. The Balaban J connectivity index is 1.87. The number of nitrogens with two attached hydrogens (primary N) is 1. The quantitative estimate of drug-likeness (QED) is 0.843. The molecule has 0 amide bonds. The maximum absolute atomic E-state index is 6.09. The van der Waals surface area contributed by atoms with E-state index in [4.69, 9.17) is 15.0 Å². The maximum Gasteiger partial charge on any atom is 0.226 e. The van der Waals surface area contributed by atoms with Crippen LogP contribution in [0.15, 0.2) is 34.9 Å². The SMILES string of the molecule is COCc1noc(CCC(N)c2ccccc2)n1. The van der Waals surface area contributed by atoms with Crippen molar-refractivity contribution in [2.75, 3.05) is 7.11 Å². The van der Waals surface area contributed by atoms with Gasteiger partial charge in [0.15, 0.2) is 5.82 Å². The van der Waals surface area contributed by atoms with E-state index in [-0.39, 0.29) is 6.04 Å². The summed E-state index contributed by atoms with van der Waals surface area (Å²) in [5.41, 5.74) is 7.21. The maximum atomic E-state index is 6.09. The van der Waals surface area contributed by atoms with Gasteiger partial charge in [-0.2, -0.15) is 4.98 Å². The number of methoxy groups -OCH3 is 1. The highest BCUT2D eigenvalue weighted by molar-refractivity contribution is 5.18. The van der Waals surface area contributed by atoms with Crippen LogP contribution >= 0.6 is 0 Å². The number of ether oxygens (including phenoxy) is 1. The topological polar surface area (TPSA) is 74.2 Å². The van der Waals surface area contributed by atoms with Crippen molar-refractivity contribution < 1.29 is 9.26 Å². The Morgan fingerprint density at radius 2 is 2.11 bits per heavy atom. The lowest BCUT2D eigenvalue weighted by atomic mass is 10.0. The number of aromatic nitrogens is 2. The second kappa shape index (κ2) is 6.28. The Morgan fingerprint density at radius 1 is 1.33 bits per heavy atom. The van der Waals surface area contributed by atoms with E-state index in [0.717, 1.165) is 12.0 Å². The van der Waals surface area contributed by atoms with Crippen molar-refractivity contribution >= 4 is 0 Å². The van der Waals surface area contributed by atoms with E-state index in [1.165, 1.54) is 0 Å². The van der Waals surface area contributed by atoms with Crippen molar-refractivity contribution in [2.45, 2.75) is 25.5 Å². The molecule has 0 aliphatic rings. The minimum Gasteiger partial charge on any atom is -0.377 e. The number of rotatable bonds is 6. The van der Waals surface area contributed by atoms with Gasteiger partial charge in [-0.15, -0.1) is 0 Å². The van der Waals surface area contributed by atoms with Crippen molar-refractivity contribution in [3.63, 3.8) is 0 Å². The molecule has 0 saturated heterocycles. The average Bonchev–Trinajstić information content (AvgIpc) is 2.85. The monoisotopic (exact) mass is 247 g/mol. The molecule has 5 nitrogen and oxygen atoms in total. The van der Waals surface area contributed by atoms with Crippen LogP contribution in [0.25, 0.3) is 0 Å². The molecule has 0 radical (unpaired) electrons. The van der Waals surface area contributed by atoms with Crippen LogP contribution in [0.5, 0.6) is 0 Å². The molecule has 1 atom stereocenters. The second-order valence-electron chi connectivity index (χ2n) is 4.09. The lowest BCUT2D eigenvalue weighted by molar-refractivity contribution is 0.174. The van der Waals surface area contributed by atoms with Gasteiger partial charge in [-0.25, -0.2) is 0 Å². The molecule has 0 fully saturated rings. The van der Waals surface area contributed by atoms with Crippen LogP contribution in [0, 0.1) is 0 Å². The molecule has 0 saturated carbocycles. The van der Waals surface area contributed by atoms with Crippen molar-refractivity contribution in [1.29, 1.82) is 0 Å². The Labute approximate surface area is 106 Å². The highest BCUT2D eigenvalue weighted by Crippen LogP contribution is 2.15. The van der Waals surface area contributed by atoms with Gasteiger partial charge in [-0.3, -0.25) is 0 Å². The van der Waals surface area contributed by atoms with Crippen LogP contribution in [-0.4, -0.2) is 17.3 Å². The molecular formula is C13H17N3O2. The molecule has 2 N–H and O–H groups in total. The van der Waals surface area contributed by atoms with E-state index in [1.807, 2.05) is 30.3 Å². The molecule has 0 aliphatic carbocycles. The fraction of sp³-hybridized carbons (Fsp3) is 0.385. The molecule has 5 heteroatoms. The van der Waals surface area contributed by atoms with Gasteiger partial charge in [0.25, 0.3) is 0 Å². The predicted molar refractivity (Wildman–Crippen MR) is 66.7 cm³/mol. The van der Waals surface area contributed by atoms with Crippen LogP contribution in [-0.2, 0) is 17.8 Å². The molecule has 18 heavy (non-hydrogen) atoms. The first-order valence-corrected chi connectivity index (χ1v) is 5.90. The predicted octanol–water partition coefficient (Wildman–Crippen LogP) is 1.85. The minimum atomic E-state index is -0.0102. The number of hydrogen-bond donors (Lipinski definition) is 1. The number of benzene rings is 1. The van der Waals surface area contributed by atoms with Gasteiger partial charge in [-0.1, -0.05) is 35.5 Å². The fourth-order valence-corrected chi connectivity index (χ4v) is 1.73. The van der Waals surface area contributed by atoms with Gasteiger partial charge in [0, 0.05) is 19.6 Å². The van der Waals surface area contributed by atoms with Gasteiger partial charge < -0.3 is 15.0 Å². The van der Waals surface area contributed by atoms with Crippen molar-refractivity contribution in [1.82, 2.24) is 10.1 Å². The Kier molecular flexibility index (Phi) is 4.44. The lowest BCUT2D eigenvalue weighted by Crippen LogP contribution is -2.11. The molecule has 0 bridgehead atoms. The fourth-order valence-electron chi connectivity index (χ4n) is 1.73. The van der Waals surface area contributed by atoms with E-state index in [0.29, 0.717) is 24.7 Å². The molecule has 1 heterocycles. The highest BCUT2D eigenvalue weighted by atomic mass is 16.5. The standard InChI is InChI=1S/C13H17N3O2/c1-17-9-12-15-13(18-16-12)8-7-11(14)10-5-3-2-4-6-10/h2-6,11H,7-9,14H2,1H3. The van der Waals surface area contributed by atoms with Crippen LogP contribution in [0.1, 0.15) is 29.7 Å².